The van der Waals surface area contributed by atoms with Gasteiger partial charge in [-0.1, -0.05) is 30.3 Å². The van der Waals surface area contributed by atoms with Crippen molar-refractivity contribution >= 4 is 6.09 Å². The van der Waals surface area contributed by atoms with Crippen molar-refractivity contribution in [2.24, 2.45) is 0 Å². The summed E-state index contributed by atoms with van der Waals surface area (Å²) >= 11 is 0. The number of aromatic nitrogens is 1. The Morgan fingerprint density at radius 1 is 1.25 bits per heavy atom. The Morgan fingerprint density at radius 3 is 2.75 bits per heavy atom. The quantitative estimate of drug-likeness (QED) is 0.931. The van der Waals surface area contributed by atoms with Crippen LogP contribution in [0.25, 0.3) is 0 Å². The summed E-state index contributed by atoms with van der Waals surface area (Å²) in [6.45, 7) is 6.16. The number of hydrogen-bond donors (Lipinski definition) is 1. The van der Waals surface area contributed by atoms with E-state index in [1.54, 1.807) is 6.20 Å². The first-order valence-corrected chi connectivity index (χ1v) is 8.08. The molecule has 2 aromatic rings. The predicted octanol–water partition coefficient (Wildman–Crippen LogP) is 3.65. The average molecular weight is 326 g/mol. The van der Waals surface area contributed by atoms with Gasteiger partial charge in [0.2, 0.25) is 0 Å². The van der Waals surface area contributed by atoms with Gasteiger partial charge >= 0.3 is 6.09 Å². The number of rotatable bonds is 4. The monoisotopic (exact) mass is 326 g/mol. The molecule has 1 aliphatic heterocycles. The predicted molar refractivity (Wildman–Crippen MR) is 90.9 cm³/mol. The summed E-state index contributed by atoms with van der Waals surface area (Å²) in [4.78, 5) is 16.7. The van der Waals surface area contributed by atoms with Crippen molar-refractivity contribution in [3.8, 4) is 5.75 Å². The van der Waals surface area contributed by atoms with Crippen molar-refractivity contribution in [1.29, 1.82) is 0 Å². The van der Waals surface area contributed by atoms with Crippen LogP contribution in [0.4, 0.5) is 4.79 Å². The molecule has 5 heteroatoms. The van der Waals surface area contributed by atoms with Gasteiger partial charge in [0, 0.05) is 11.7 Å². The molecule has 1 N–H and O–H groups in total. The van der Waals surface area contributed by atoms with Crippen LogP contribution in [0.3, 0.4) is 0 Å². The van der Waals surface area contributed by atoms with Gasteiger partial charge in [-0.25, -0.2) is 4.79 Å². The molecule has 0 aliphatic carbocycles. The number of nitrogens with one attached hydrogen (secondary N) is 1. The van der Waals surface area contributed by atoms with Gasteiger partial charge in [0.05, 0.1) is 11.6 Å². The number of nitrogens with zero attached hydrogens (tertiary/aromatic N) is 1. The molecule has 3 rings (SSSR count). The summed E-state index contributed by atoms with van der Waals surface area (Å²) < 4.78 is 11.2. The lowest BCUT2D eigenvalue weighted by Gasteiger charge is -2.33. The maximum absolute atomic E-state index is 12.2. The molecular formula is C19H22N2O3. The second-order valence-electron chi connectivity index (χ2n) is 6.60. The van der Waals surface area contributed by atoms with Crippen LogP contribution < -0.4 is 10.1 Å². The summed E-state index contributed by atoms with van der Waals surface area (Å²) in [5, 5.41) is 2.96. The highest BCUT2D eigenvalue weighted by molar-refractivity contribution is 5.68. The minimum Gasteiger partial charge on any atom is -0.488 e. The summed E-state index contributed by atoms with van der Waals surface area (Å²) in [6, 6.07) is 13.4. The van der Waals surface area contributed by atoms with E-state index in [0.717, 1.165) is 17.0 Å². The minimum absolute atomic E-state index is 0.0435. The third-order valence-corrected chi connectivity index (χ3v) is 4.29. The highest BCUT2D eigenvalue weighted by Crippen LogP contribution is 2.42. The minimum atomic E-state index is -0.549. The molecule has 2 heterocycles. The van der Waals surface area contributed by atoms with E-state index in [1.165, 1.54) is 0 Å². The molecule has 0 fully saturated rings. The number of alkyl carbamates (subject to hydrolysis) is 1. The van der Waals surface area contributed by atoms with Gasteiger partial charge in [0.1, 0.15) is 18.5 Å². The van der Waals surface area contributed by atoms with Crippen molar-refractivity contribution < 1.29 is 14.3 Å². The molecule has 0 saturated heterocycles. The van der Waals surface area contributed by atoms with E-state index in [-0.39, 0.29) is 18.6 Å². The number of pyridine rings is 1. The van der Waals surface area contributed by atoms with Crippen molar-refractivity contribution in [2.45, 2.75) is 44.9 Å². The summed E-state index contributed by atoms with van der Waals surface area (Å²) in [5.41, 5.74) is 1.28. The zero-order valence-electron chi connectivity index (χ0n) is 14.2. The van der Waals surface area contributed by atoms with Crippen LogP contribution in [0.1, 0.15) is 37.9 Å². The molecule has 0 radical (unpaired) electrons. The fourth-order valence-electron chi connectivity index (χ4n) is 3.26. The van der Waals surface area contributed by atoms with Gasteiger partial charge in [-0.2, -0.15) is 0 Å². The Bertz CT molecular complexity index is 716. The molecule has 5 nitrogen and oxygen atoms in total. The molecule has 1 amide bonds. The van der Waals surface area contributed by atoms with Crippen LogP contribution >= 0.6 is 0 Å². The topological polar surface area (TPSA) is 60.5 Å². The number of hydrogen-bond acceptors (Lipinski definition) is 4. The van der Waals surface area contributed by atoms with E-state index in [0.29, 0.717) is 0 Å². The smallest absolute Gasteiger partial charge is 0.407 e. The molecule has 1 aromatic heterocycles. The summed E-state index contributed by atoms with van der Waals surface area (Å²) in [5.74, 6) is 0.737. The van der Waals surface area contributed by atoms with Gasteiger partial charge in [-0.3, -0.25) is 4.98 Å². The molecule has 0 spiro atoms. The van der Waals surface area contributed by atoms with Crippen LogP contribution in [0.2, 0.25) is 0 Å². The molecular weight excluding hydrogens is 304 g/mol. The summed E-state index contributed by atoms with van der Waals surface area (Å²) in [6.07, 6.45) is 1.23. The van der Waals surface area contributed by atoms with Crippen molar-refractivity contribution in [3.05, 3.63) is 59.9 Å². The van der Waals surface area contributed by atoms with E-state index in [9.17, 15) is 4.79 Å². The lowest BCUT2D eigenvalue weighted by Crippen LogP contribution is -2.50. The molecule has 126 valence electrons. The standard InChI is InChI=1S/C19H22N2O3/c1-13-16(17-15(24-13)10-7-11-20-17)19(2,3)21-18(22)23-12-14-8-5-4-6-9-14/h4-11,13,16H,12H2,1-3H3,(H,21,22)/t13-,16-/m1/s1. The normalized spacial score (nSPS) is 19.3. The van der Waals surface area contributed by atoms with Crippen LogP contribution in [0.15, 0.2) is 48.7 Å². The van der Waals surface area contributed by atoms with Gasteiger partial charge in [0.25, 0.3) is 0 Å². The van der Waals surface area contributed by atoms with E-state index in [1.807, 2.05) is 63.2 Å². The highest BCUT2D eigenvalue weighted by Gasteiger charge is 2.44. The van der Waals surface area contributed by atoms with Gasteiger partial charge in [0.15, 0.2) is 0 Å². The Morgan fingerprint density at radius 2 is 2.00 bits per heavy atom. The number of carbonyl (C=O) groups is 1. The fourth-order valence-corrected chi connectivity index (χ4v) is 3.26. The Hall–Kier alpha value is -2.56. The number of fused-ring (bicyclic) bond motifs is 1. The zero-order chi connectivity index (χ0) is 17.2. The van der Waals surface area contributed by atoms with E-state index in [2.05, 4.69) is 10.3 Å². The molecule has 0 saturated carbocycles. The van der Waals surface area contributed by atoms with E-state index >= 15 is 0 Å². The maximum atomic E-state index is 12.2. The second-order valence-corrected chi connectivity index (χ2v) is 6.60. The summed E-state index contributed by atoms with van der Waals surface area (Å²) in [7, 11) is 0. The molecule has 0 unspecified atom stereocenters. The first-order chi connectivity index (χ1) is 11.5. The third kappa shape index (κ3) is 3.35. The molecule has 1 aromatic carbocycles. The third-order valence-electron chi connectivity index (χ3n) is 4.29. The number of benzene rings is 1. The van der Waals surface area contributed by atoms with Gasteiger partial charge < -0.3 is 14.8 Å². The largest absolute Gasteiger partial charge is 0.488 e. The fraction of sp³-hybridized carbons (Fsp3) is 0.368. The highest BCUT2D eigenvalue weighted by atomic mass is 16.5. The zero-order valence-corrected chi connectivity index (χ0v) is 14.2. The molecule has 24 heavy (non-hydrogen) atoms. The van der Waals surface area contributed by atoms with E-state index < -0.39 is 11.6 Å². The Balaban J connectivity index is 1.66. The Labute approximate surface area is 142 Å². The van der Waals surface area contributed by atoms with Crippen LogP contribution in [0, 0.1) is 0 Å². The maximum Gasteiger partial charge on any atom is 0.407 e. The molecule has 0 bridgehead atoms. The van der Waals surface area contributed by atoms with Crippen LogP contribution in [-0.4, -0.2) is 22.7 Å². The molecule has 1 aliphatic rings. The van der Waals surface area contributed by atoms with Crippen molar-refractivity contribution in [1.82, 2.24) is 10.3 Å². The van der Waals surface area contributed by atoms with Crippen molar-refractivity contribution in [2.75, 3.05) is 0 Å². The number of amides is 1. The first kappa shape index (κ1) is 16.3. The van der Waals surface area contributed by atoms with E-state index in [4.69, 9.17) is 9.47 Å². The van der Waals surface area contributed by atoms with Crippen LogP contribution in [0.5, 0.6) is 5.75 Å². The second kappa shape index (κ2) is 6.51. The molecule has 2 atom stereocenters. The van der Waals surface area contributed by atoms with Gasteiger partial charge in [-0.15, -0.1) is 0 Å². The average Bonchev–Trinajstić information content (AvgIpc) is 2.90. The van der Waals surface area contributed by atoms with Gasteiger partial charge in [-0.05, 0) is 38.5 Å². The Kier molecular flexibility index (Phi) is 4.42. The SMILES string of the molecule is C[C@H]1Oc2cccnc2[C@@H]1C(C)(C)NC(=O)OCc1ccccc1. The lowest BCUT2D eigenvalue weighted by atomic mass is 9.82. The van der Waals surface area contributed by atoms with Crippen LogP contribution in [-0.2, 0) is 11.3 Å². The van der Waals surface area contributed by atoms with Crippen molar-refractivity contribution in [3.63, 3.8) is 0 Å². The first-order valence-electron chi connectivity index (χ1n) is 8.08. The number of ether oxygens (including phenoxy) is 2. The lowest BCUT2D eigenvalue weighted by molar-refractivity contribution is 0.116. The number of carbonyl (C=O) groups excluding carboxylic acids is 1.